The molecule has 5 heteroatoms. The summed E-state index contributed by atoms with van der Waals surface area (Å²) in [6.07, 6.45) is 1.44. The third-order valence-electron chi connectivity index (χ3n) is 2.99. The minimum Gasteiger partial charge on any atom is -0.461 e. The second-order valence-corrected chi connectivity index (χ2v) is 4.10. The van der Waals surface area contributed by atoms with Crippen LogP contribution < -0.4 is 5.76 Å². The number of hydrogen-bond acceptors (Lipinski definition) is 4. The number of carbonyl (C=O) groups is 1. The molecule has 0 N–H and O–H groups in total. The summed E-state index contributed by atoms with van der Waals surface area (Å²) in [5, 5.41) is 0. The van der Waals surface area contributed by atoms with Crippen molar-refractivity contribution in [3.63, 3.8) is 0 Å². The molecule has 0 spiro atoms. The number of aryl methyl sites for hydroxylation is 1. The molecular weight excluding hydrogens is 246 g/mol. The standard InChI is InChI=1S/C14H11NO4/c1-2-15-10-6-5-9(8-12(10)19-14(15)17)13(16)11-4-3-7-18-11/h3-8H,2H2,1H3. The van der Waals surface area contributed by atoms with Crippen LogP contribution in [0.1, 0.15) is 23.0 Å². The normalized spacial score (nSPS) is 11.0. The summed E-state index contributed by atoms with van der Waals surface area (Å²) in [5.74, 6) is -0.393. The van der Waals surface area contributed by atoms with Crippen LogP contribution >= 0.6 is 0 Å². The molecule has 0 fully saturated rings. The molecule has 96 valence electrons. The molecule has 3 rings (SSSR count). The molecule has 0 unspecified atom stereocenters. The average Bonchev–Trinajstić information content (AvgIpc) is 3.03. The Morgan fingerprint density at radius 1 is 1.32 bits per heavy atom. The summed E-state index contributed by atoms with van der Waals surface area (Å²) in [6.45, 7) is 2.38. The van der Waals surface area contributed by atoms with Crippen LogP contribution in [-0.2, 0) is 6.54 Å². The van der Waals surface area contributed by atoms with Crippen LogP contribution in [0.3, 0.4) is 0 Å². The maximum absolute atomic E-state index is 12.1. The SMILES string of the molecule is CCn1c(=O)oc2cc(C(=O)c3ccco3)ccc21. The first kappa shape index (κ1) is 11.5. The minimum absolute atomic E-state index is 0.237. The van der Waals surface area contributed by atoms with E-state index in [4.69, 9.17) is 8.83 Å². The molecule has 5 nitrogen and oxygen atoms in total. The molecule has 3 aromatic rings. The fourth-order valence-corrected chi connectivity index (χ4v) is 2.06. The van der Waals surface area contributed by atoms with Gasteiger partial charge < -0.3 is 8.83 Å². The van der Waals surface area contributed by atoms with Gasteiger partial charge in [-0.15, -0.1) is 0 Å². The Labute approximate surface area is 108 Å². The van der Waals surface area contributed by atoms with Crippen molar-refractivity contribution in [2.24, 2.45) is 0 Å². The number of aromatic nitrogens is 1. The highest BCUT2D eigenvalue weighted by Gasteiger charge is 2.15. The van der Waals surface area contributed by atoms with Crippen LogP contribution in [0.5, 0.6) is 0 Å². The predicted octanol–water partition coefficient (Wildman–Crippen LogP) is 2.44. The van der Waals surface area contributed by atoms with E-state index in [2.05, 4.69) is 0 Å². The summed E-state index contributed by atoms with van der Waals surface area (Å²) in [4.78, 5) is 23.7. The van der Waals surface area contributed by atoms with E-state index in [0.717, 1.165) is 0 Å². The maximum atomic E-state index is 12.1. The average molecular weight is 257 g/mol. The van der Waals surface area contributed by atoms with Crippen LogP contribution in [0.25, 0.3) is 11.1 Å². The van der Waals surface area contributed by atoms with Crippen LogP contribution in [0.4, 0.5) is 0 Å². The van der Waals surface area contributed by atoms with Crippen molar-refractivity contribution >= 4 is 16.9 Å². The zero-order valence-electron chi connectivity index (χ0n) is 10.3. The summed E-state index contributed by atoms with van der Waals surface area (Å²) >= 11 is 0. The largest absolute Gasteiger partial charge is 0.461 e. The molecule has 0 saturated heterocycles. The fraction of sp³-hybridized carbons (Fsp3) is 0.143. The monoisotopic (exact) mass is 257 g/mol. The lowest BCUT2D eigenvalue weighted by atomic mass is 10.1. The van der Waals surface area contributed by atoms with E-state index in [1.54, 1.807) is 30.3 Å². The number of nitrogens with zero attached hydrogens (tertiary/aromatic N) is 1. The highest BCUT2D eigenvalue weighted by atomic mass is 16.4. The van der Waals surface area contributed by atoms with Gasteiger partial charge in [-0.1, -0.05) is 0 Å². The number of ketones is 1. The predicted molar refractivity (Wildman–Crippen MR) is 68.3 cm³/mol. The van der Waals surface area contributed by atoms with E-state index in [-0.39, 0.29) is 11.5 Å². The molecule has 19 heavy (non-hydrogen) atoms. The van der Waals surface area contributed by atoms with Crippen LogP contribution in [0.2, 0.25) is 0 Å². The maximum Gasteiger partial charge on any atom is 0.419 e. The number of hydrogen-bond donors (Lipinski definition) is 0. The molecule has 0 radical (unpaired) electrons. The lowest BCUT2D eigenvalue weighted by Crippen LogP contribution is -2.11. The van der Waals surface area contributed by atoms with E-state index in [1.165, 1.54) is 10.8 Å². The summed E-state index contributed by atoms with van der Waals surface area (Å²) in [6, 6.07) is 8.18. The van der Waals surface area contributed by atoms with Crippen molar-refractivity contribution in [3.8, 4) is 0 Å². The Balaban J connectivity index is 2.13. The molecule has 2 heterocycles. The van der Waals surface area contributed by atoms with E-state index in [1.807, 2.05) is 6.92 Å². The Kier molecular flexibility index (Phi) is 2.59. The fourth-order valence-electron chi connectivity index (χ4n) is 2.06. The first-order valence-corrected chi connectivity index (χ1v) is 5.92. The second-order valence-electron chi connectivity index (χ2n) is 4.10. The number of oxazole rings is 1. The van der Waals surface area contributed by atoms with Crippen molar-refractivity contribution in [1.82, 2.24) is 4.57 Å². The topological polar surface area (TPSA) is 65.3 Å². The van der Waals surface area contributed by atoms with Crippen LogP contribution in [0.15, 0.2) is 50.2 Å². The van der Waals surface area contributed by atoms with Gasteiger partial charge in [0, 0.05) is 12.1 Å². The smallest absolute Gasteiger partial charge is 0.419 e. The van der Waals surface area contributed by atoms with Gasteiger partial charge in [0.25, 0.3) is 0 Å². The Morgan fingerprint density at radius 2 is 2.16 bits per heavy atom. The number of furan rings is 1. The lowest BCUT2D eigenvalue weighted by molar-refractivity contribution is 0.101. The van der Waals surface area contributed by atoms with Gasteiger partial charge in [0.15, 0.2) is 11.3 Å². The first-order valence-electron chi connectivity index (χ1n) is 5.92. The zero-order valence-corrected chi connectivity index (χ0v) is 10.3. The Bertz CT molecular complexity index is 793. The third kappa shape index (κ3) is 1.79. The van der Waals surface area contributed by atoms with Gasteiger partial charge in [-0.2, -0.15) is 0 Å². The van der Waals surface area contributed by atoms with E-state index in [0.29, 0.717) is 23.2 Å². The second kappa shape index (κ2) is 4.28. The van der Waals surface area contributed by atoms with Gasteiger partial charge in [-0.25, -0.2) is 4.79 Å². The number of carbonyl (C=O) groups excluding carboxylic acids is 1. The van der Waals surface area contributed by atoms with Crippen LogP contribution in [-0.4, -0.2) is 10.4 Å². The van der Waals surface area contributed by atoms with Gasteiger partial charge in [0.1, 0.15) is 0 Å². The zero-order chi connectivity index (χ0) is 13.4. The quantitative estimate of drug-likeness (QED) is 0.676. The van der Waals surface area contributed by atoms with Gasteiger partial charge in [-0.3, -0.25) is 9.36 Å². The molecule has 0 saturated carbocycles. The summed E-state index contributed by atoms with van der Waals surface area (Å²) < 4.78 is 11.7. The summed E-state index contributed by atoms with van der Waals surface area (Å²) in [7, 11) is 0. The number of rotatable bonds is 3. The molecule has 1 aromatic carbocycles. The first-order chi connectivity index (χ1) is 9.20. The van der Waals surface area contributed by atoms with Crippen molar-refractivity contribution in [2.75, 3.05) is 0 Å². The van der Waals surface area contributed by atoms with Gasteiger partial charge in [0.2, 0.25) is 5.78 Å². The van der Waals surface area contributed by atoms with Crippen molar-refractivity contribution < 1.29 is 13.6 Å². The minimum atomic E-state index is -0.417. The number of fused-ring (bicyclic) bond motifs is 1. The molecule has 0 atom stereocenters. The third-order valence-corrected chi connectivity index (χ3v) is 2.99. The Hall–Kier alpha value is -2.56. The van der Waals surface area contributed by atoms with Gasteiger partial charge >= 0.3 is 5.76 Å². The van der Waals surface area contributed by atoms with Gasteiger partial charge in [-0.05, 0) is 37.3 Å². The molecular formula is C14H11NO4. The van der Waals surface area contributed by atoms with Gasteiger partial charge in [0.05, 0.1) is 11.8 Å². The van der Waals surface area contributed by atoms with Crippen molar-refractivity contribution in [1.29, 1.82) is 0 Å². The van der Waals surface area contributed by atoms with Crippen molar-refractivity contribution in [3.05, 3.63) is 58.5 Å². The van der Waals surface area contributed by atoms with E-state index in [9.17, 15) is 9.59 Å². The molecule has 0 bridgehead atoms. The van der Waals surface area contributed by atoms with Crippen LogP contribution in [0, 0.1) is 0 Å². The molecule has 0 aliphatic rings. The van der Waals surface area contributed by atoms with Crippen molar-refractivity contribution in [2.45, 2.75) is 13.5 Å². The van der Waals surface area contributed by atoms with E-state index < -0.39 is 5.76 Å². The highest BCUT2D eigenvalue weighted by molar-refractivity contribution is 6.08. The molecule has 2 aromatic heterocycles. The molecule has 0 aliphatic heterocycles. The van der Waals surface area contributed by atoms with E-state index >= 15 is 0 Å². The number of benzene rings is 1. The Morgan fingerprint density at radius 3 is 2.84 bits per heavy atom. The lowest BCUT2D eigenvalue weighted by Gasteiger charge is -1.99. The molecule has 0 amide bonds. The molecule has 0 aliphatic carbocycles. The highest BCUT2D eigenvalue weighted by Crippen LogP contribution is 2.18. The summed E-state index contributed by atoms with van der Waals surface area (Å²) in [5.41, 5.74) is 1.52.